The summed E-state index contributed by atoms with van der Waals surface area (Å²) >= 11 is 4.77. The Bertz CT molecular complexity index is 128. The third kappa shape index (κ3) is 5.00. The van der Waals surface area contributed by atoms with Crippen molar-refractivity contribution >= 4 is 18.4 Å². The molecule has 0 heterocycles. The quantitative estimate of drug-likeness (QED) is 0.645. The van der Waals surface area contributed by atoms with Crippen molar-refractivity contribution in [3.05, 3.63) is 0 Å². The third-order valence-corrected chi connectivity index (χ3v) is 2.54. The maximum atomic E-state index is 5.40. The minimum Gasteiger partial charge on any atom is -0.321 e. The van der Waals surface area contributed by atoms with E-state index in [1.165, 1.54) is 7.11 Å². The van der Waals surface area contributed by atoms with Crippen LogP contribution in [0.1, 0.15) is 13.8 Å². The lowest BCUT2D eigenvalue weighted by Crippen LogP contribution is -2.07. The van der Waals surface area contributed by atoms with E-state index in [0.29, 0.717) is 0 Å². The standard InChI is InChI=1S/C4H12NO2PS/c1-4(2)7-8(5,9)6-3/h4H,1-3H3,(H2,5,9). The van der Waals surface area contributed by atoms with Crippen LogP contribution in [0, 0.1) is 0 Å². The van der Waals surface area contributed by atoms with Gasteiger partial charge >= 0.3 is 0 Å². The predicted octanol–water partition coefficient (Wildman–Crippen LogP) is 1.24. The van der Waals surface area contributed by atoms with Gasteiger partial charge in [0.05, 0.1) is 6.10 Å². The van der Waals surface area contributed by atoms with Gasteiger partial charge in [0.2, 0.25) is 0 Å². The van der Waals surface area contributed by atoms with Gasteiger partial charge in [-0.25, -0.2) is 0 Å². The maximum Gasteiger partial charge on any atom is 0.258 e. The summed E-state index contributed by atoms with van der Waals surface area (Å²) in [4.78, 5) is 0. The first kappa shape index (κ1) is 9.53. The van der Waals surface area contributed by atoms with E-state index in [1.807, 2.05) is 13.8 Å². The zero-order chi connectivity index (χ0) is 7.49. The Labute approximate surface area is 60.8 Å². The van der Waals surface area contributed by atoms with Crippen molar-refractivity contribution in [1.29, 1.82) is 0 Å². The molecule has 0 aromatic carbocycles. The van der Waals surface area contributed by atoms with Gasteiger partial charge in [0.15, 0.2) is 0 Å². The van der Waals surface area contributed by atoms with Gasteiger partial charge < -0.3 is 9.05 Å². The summed E-state index contributed by atoms with van der Waals surface area (Å²) in [6.07, 6.45) is 0.0424. The normalized spacial score (nSPS) is 17.9. The average Bonchev–Trinajstić information content (AvgIpc) is 1.63. The molecule has 0 aromatic heterocycles. The highest BCUT2D eigenvalue weighted by Gasteiger charge is 2.10. The van der Waals surface area contributed by atoms with Crippen LogP contribution in [0.5, 0.6) is 0 Å². The van der Waals surface area contributed by atoms with E-state index >= 15 is 0 Å². The molecule has 5 heteroatoms. The molecule has 0 aliphatic rings. The molecule has 0 fully saturated rings. The van der Waals surface area contributed by atoms with E-state index in [4.69, 9.17) is 26.4 Å². The van der Waals surface area contributed by atoms with E-state index in [-0.39, 0.29) is 6.10 Å². The second-order valence-electron chi connectivity index (χ2n) is 1.88. The fourth-order valence-corrected chi connectivity index (χ4v) is 1.53. The second kappa shape index (κ2) is 3.64. The average molecular weight is 169 g/mol. The van der Waals surface area contributed by atoms with Crippen LogP contribution < -0.4 is 5.50 Å². The number of hydrogen-bond acceptors (Lipinski definition) is 3. The molecule has 1 atom stereocenters. The van der Waals surface area contributed by atoms with E-state index < -0.39 is 6.64 Å². The first-order valence-corrected chi connectivity index (χ1v) is 5.31. The summed E-state index contributed by atoms with van der Waals surface area (Å²) in [5, 5.41) is 0. The highest BCUT2D eigenvalue weighted by Crippen LogP contribution is 2.39. The van der Waals surface area contributed by atoms with Crippen molar-refractivity contribution in [2.45, 2.75) is 20.0 Å². The first-order valence-electron chi connectivity index (χ1n) is 2.60. The van der Waals surface area contributed by atoms with E-state index in [0.717, 1.165) is 0 Å². The predicted molar refractivity (Wildman–Crippen MR) is 41.7 cm³/mol. The Hall–Kier alpha value is 0.530. The molecule has 0 amide bonds. The van der Waals surface area contributed by atoms with Gasteiger partial charge in [0, 0.05) is 7.11 Å². The van der Waals surface area contributed by atoms with Crippen LogP contribution in [0.3, 0.4) is 0 Å². The molecule has 0 rings (SSSR count). The van der Waals surface area contributed by atoms with Crippen LogP contribution in [-0.2, 0) is 20.9 Å². The number of nitrogens with two attached hydrogens (primary N) is 1. The Kier molecular flexibility index (Phi) is 3.85. The molecule has 1 unspecified atom stereocenters. The lowest BCUT2D eigenvalue weighted by Gasteiger charge is -2.16. The van der Waals surface area contributed by atoms with Crippen LogP contribution in [0.15, 0.2) is 0 Å². The molecular weight excluding hydrogens is 157 g/mol. The van der Waals surface area contributed by atoms with Gasteiger partial charge in [-0.05, 0) is 25.7 Å². The summed E-state index contributed by atoms with van der Waals surface area (Å²) < 4.78 is 9.80. The van der Waals surface area contributed by atoms with Crippen LogP contribution in [0.25, 0.3) is 0 Å². The monoisotopic (exact) mass is 169 g/mol. The largest absolute Gasteiger partial charge is 0.321 e. The highest BCUT2D eigenvalue weighted by atomic mass is 32.5. The highest BCUT2D eigenvalue weighted by molar-refractivity contribution is 8.08. The third-order valence-electron chi connectivity index (χ3n) is 0.612. The Balaban J connectivity index is 3.73. The van der Waals surface area contributed by atoms with Gasteiger partial charge in [-0.2, -0.15) is 0 Å². The lowest BCUT2D eigenvalue weighted by atomic mass is 10.5. The summed E-state index contributed by atoms with van der Waals surface area (Å²) in [6, 6.07) is 0. The molecule has 2 N–H and O–H groups in total. The van der Waals surface area contributed by atoms with Crippen LogP contribution in [-0.4, -0.2) is 13.2 Å². The SMILES string of the molecule is COP(N)(=S)OC(C)C. The Morgan fingerprint density at radius 1 is 1.56 bits per heavy atom. The van der Waals surface area contributed by atoms with E-state index in [9.17, 15) is 0 Å². The van der Waals surface area contributed by atoms with E-state index in [2.05, 4.69) is 0 Å². The van der Waals surface area contributed by atoms with Crippen molar-refractivity contribution in [3.8, 4) is 0 Å². The molecule has 0 spiro atoms. The van der Waals surface area contributed by atoms with Gasteiger partial charge in [-0.15, -0.1) is 0 Å². The van der Waals surface area contributed by atoms with Crippen molar-refractivity contribution in [3.63, 3.8) is 0 Å². The maximum absolute atomic E-state index is 5.40. The summed E-state index contributed by atoms with van der Waals surface area (Å²) in [6.45, 7) is 1.34. The molecular formula is C4H12NO2PS. The van der Waals surface area contributed by atoms with Crippen LogP contribution >= 0.6 is 6.64 Å². The molecule has 0 aromatic rings. The minimum absolute atomic E-state index is 0.0424. The van der Waals surface area contributed by atoms with Crippen molar-refractivity contribution in [2.75, 3.05) is 7.11 Å². The zero-order valence-electron chi connectivity index (χ0n) is 5.83. The molecule has 56 valence electrons. The van der Waals surface area contributed by atoms with Gasteiger partial charge in [0.25, 0.3) is 6.64 Å². The molecule has 9 heavy (non-hydrogen) atoms. The number of rotatable bonds is 3. The zero-order valence-corrected chi connectivity index (χ0v) is 7.54. The van der Waals surface area contributed by atoms with Crippen LogP contribution in [0.4, 0.5) is 0 Å². The molecule has 0 saturated carbocycles. The van der Waals surface area contributed by atoms with Crippen molar-refractivity contribution in [2.24, 2.45) is 5.50 Å². The van der Waals surface area contributed by atoms with Gasteiger partial charge in [-0.3, -0.25) is 5.50 Å². The Morgan fingerprint density at radius 3 is 2.11 bits per heavy atom. The molecule has 0 aliphatic carbocycles. The van der Waals surface area contributed by atoms with Crippen LogP contribution in [0.2, 0.25) is 0 Å². The number of hydrogen-bond donors (Lipinski definition) is 1. The summed E-state index contributed by atoms with van der Waals surface area (Å²) in [7, 11) is 1.46. The molecule has 0 aliphatic heterocycles. The molecule has 0 saturated heterocycles. The Morgan fingerprint density at radius 2 is 2.00 bits per heavy atom. The summed E-state index contributed by atoms with van der Waals surface area (Å²) in [5.74, 6) is 0. The molecule has 3 nitrogen and oxygen atoms in total. The fraction of sp³-hybridized carbons (Fsp3) is 1.00. The van der Waals surface area contributed by atoms with E-state index in [1.54, 1.807) is 0 Å². The first-order chi connectivity index (χ1) is 3.98. The van der Waals surface area contributed by atoms with Crippen molar-refractivity contribution < 1.29 is 9.05 Å². The topological polar surface area (TPSA) is 44.5 Å². The minimum atomic E-state index is -2.40. The molecule has 0 bridgehead atoms. The molecule has 0 radical (unpaired) electrons. The summed E-state index contributed by atoms with van der Waals surface area (Å²) in [5.41, 5.74) is 5.40. The fourth-order valence-electron chi connectivity index (χ4n) is 0.337. The lowest BCUT2D eigenvalue weighted by molar-refractivity contribution is 0.223. The van der Waals surface area contributed by atoms with Crippen molar-refractivity contribution in [1.82, 2.24) is 0 Å². The van der Waals surface area contributed by atoms with Gasteiger partial charge in [0.1, 0.15) is 0 Å². The smallest absolute Gasteiger partial charge is 0.258 e. The second-order valence-corrected chi connectivity index (χ2v) is 5.06. The van der Waals surface area contributed by atoms with Gasteiger partial charge in [-0.1, -0.05) is 0 Å².